The van der Waals surface area contributed by atoms with Crippen molar-refractivity contribution in [3.05, 3.63) is 53.5 Å². The molecule has 1 aromatic carbocycles. The lowest BCUT2D eigenvalue weighted by molar-refractivity contribution is 0.123. The molecule has 4 heterocycles. The molecule has 1 fully saturated rings. The third kappa shape index (κ3) is 3.07. The average molecular weight is 414 g/mol. The summed E-state index contributed by atoms with van der Waals surface area (Å²) in [5, 5.41) is 3.83. The highest BCUT2D eigenvalue weighted by molar-refractivity contribution is 7.92. The van der Waals surface area contributed by atoms with E-state index in [2.05, 4.69) is 14.9 Å². The number of morpholine rings is 1. The molecule has 8 heteroatoms. The lowest BCUT2D eigenvalue weighted by Gasteiger charge is -2.29. The van der Waals surface area contributed by atoms with E-state index in [0.29, 0.717) is 17.4 Å². The number of aromatic nitrogens is 2. The molecule has 0 bridgehead atoms. The van der Waals surface area contributed by atoms with Crippen LogP contribution in [0.2, 0.25) is 0 Å². The number of nitrogens with one attached hydrogen (secondary N) is 1. The molecule has 0 aliphatic carbocycles. The van der Waals surface area contributed by atoms with Gasteiger partial charge in [-0.2, -0.15) is 0 Å². The molecule has 1 aliphatic heterocycles. The van der Waals surface area contributed by atoms with Crippen LogP contribution in [0.4, 0.5) is 5.69 Å². The normalized spacial score (nSPS) is 15.5. The average Bonchev–Trinajstić information content (AvgIpc) is 3.36. The van der Waals surface area contributed by atoms with Gasteiger partial charge in [0.2, 0.25) is 0 Å². The number of nitrogens with zero attached hydrogens (tertiary/aromatic N) is 2. The van der Waals surface area contributed by atoms with Gasteiger partial charge in [-0.3, -0.25) is 0 Å². The van der Waals surface area contributed by atoms with Crippen LogP contribution >= 0.6 is 11.3 Å². The minimum atomic E-state index is -3.34. The molecule has 5 rings (SSSR count). The Bertz CT molecular complexity index is 1240. The van der Waals surface area contributed by atoms with Crippen LogP contribution in [0, 0.1) is 0 Å². The van der Waals surface area contributed by atoms with E-state index in [1.807, 2.05) is 30.5 Å². The molecule has 4 aromatic rings. The molecule has 6 nitrogen and oxygen atoms in total. The van der Waals surface area contributed by atoms with E-state index in [9.17, 15) is 8.42 Å². The molecule has 1 saturated heterocycles. The van der Waals surface area contributed by atoms with Crippen LogP contribution in [0.1, 0.15) is 5.56 Å². The van der Waals surface area contributed by atoms with Crippen LogP contribution in [0.25, 0.3) is 21.9 Å². The molecular weight excluding hydrogens is 394 g/mol. The second kappa shape index (κ2) is 6.88. The van der Waals surface area contributed by atoms with Crippen LogP contribution < -0.4 is 4.90 Å². The summed E-state index contributed by atoms with van der Waals surface area (Å²) in [6.07, 6.45) is 1.81. The summed E-state index contributed by atoms with van der Waals surface area (Å²) in [7, 11) is -3.34. The van der Waals surface area contributed by atoms with Gasteiger partial charge in [-0.05, 0) is 35.2 Å². The summed E-state index contributed by atoms with van der Waals surface area (Å²) in [6.45, 7) is 3.07. The highest BCUT2D eigenvalue weighted by atomic mass is 32.2. The van der Waals surface area contributed by atoms with Gasteiger partial charge in [0.25, 0.3) is 0 Å². The van der Waals surface area contributed by atoms with Crippen molar-refractivity contribution in [1.29, 1.82) is 0 Å². The number of hydrogen-bond donors (Lipinski definition) is 1. The molecule has 1 N–H and O–H groups in total. The molecule has 0 spiro atoms. The number of H-pyrrole nitrogens is 1. The smallest absolute Gasteiger partial charge is 0.191 e. The number of hydrogen-bond acceptors (Lipinski definition) is 6. The van der Waals surface area contributed by atoms with Gasteiger partial charge in [0, 0.05) is 35.6 Å². The summed E-state index contributed by atoms with van der Waals surface area (Å²) in [4.78, 5) is 10.1. The van der Waals surface area contributed by atoms with E-state index in [1.54, 1.807) is 17.5 Å². The summed E-state index contributed by atoms with van der Waals surface area (Å²) in [6, 6.07) is 11.2. The van der Waals surface area contributed by atoms with Crippen molar-refractivity contribution in [2.45, 2.75) is 9.96 Å². The molecular formula is C20H19N3O3S2. The first-order valence-corrected chi connectivity index (χ1v) is 11.6. The van der Waals surface area contributed by atoms with Gasteiger partial charge in [0.1, 0.15) is 9.86 Å². The van der Waals surface area contributed by atoms with Crippen molar-refractivity contribution in [2.24, 2.45) is 0 Å². The third-order valence-corrected chi connectivity index (χ3v) is 8.22. The molecule has 0 amide bonds. The molecule has 1 aliphatic rings. The van der Waals surface area contributed by atoms with E-state index in [-0.39, 0.29) is 5.75 Å². The Morgan fingerprint density at radius 2 is 2.04 bits per heavy atom. The largest absolute Gasteiger partial charge is 0.378 e. The van der Waals surface area contributed by atoms with Crippen LogP contribution in [0.3, 0.4) is 0 Å². The van der Waals surface area contributed by atoms with Gasteiger partial charge in [-0.1, -0.05) is 12.1 Å². The van der Waals surface area contributed by atoms with Crippen LogP contribution in [0.5, 0.6) is 0 Å². The number of sulfone groups is 1. The zero-order valence-corrected chi connectivity index (χ0v) is 16.7. The third-order valence-electron chi connectivity index (χ3n) is 5.05. The van der Waals surface area contributed by atoms with Crippen molar-refractivity contribution in [2.75, 3.05) is 31.2 Å². The maximum Gasteiger partial charge on any atom is 0.191 e. The zero-order valence-electron chi connectivity index (χ0n) is 15.1. The predicted octanol–water partition coefficient (Wildman–Crippen LogP) is 3.59. The Morgan fingerprint density at radius 3 is 2.82 bits per heavy atom. The number of ether oxygens (including phenoxy) is 1. The Morgan fingerprint density at radius 1 is 1.18 bits per heavy atom. The number of fused-ring (bicyclic) bond motifs is 3. The topological polar surface area (TPSA) is 75.3 Å². The molecule has 0 saturated carbocycles. The van der Waals surface area contributed by atoms with E-state index >= 15 is 0 Å². The fourth-order valence-electron chi connectivity index (χ4n) is 3.74. The first-order chi connectivity index (χ1) is 13.6. The molecule has 144 valence electrons. The predicted molar refractivity (Wildman–Crippen MR) is 112 cm³/mol. The molecule has 0 unspecified atom stereocenters. The van der Waals surface area contributed by atoms with Gasteiger partial charge < -0.3 is 14.6 Å². The highest BCUT2D eigenvalue weighted by Crippen LogP contribution is 2.34. The number of anilines is 1. The van der Waals surface area contributed by atoms with Crippen molar-refractivity contribution in [3.8, 4) is 0 Å². The van der Waals surface area contributed by atoms with E-state index in [4.69, 9.17) is 4.74 Å². The summed E-state index contributed by atoms with van der Waals surface area (Å²) in [5.41, 5.74) is 3.66. The second-order valence-corrected chi connectivity index (χ2v) is 10.0. The Balaban J connectivity index is 1.61. The quantitative estimate of drug-likeness (QED) is 0.553. The zero-order chi connectivity index (χ0) is 19.1. The van der Waals surface area contributed by atoms with Gasteiger partial charge in [0.05, 0.1) is 24.7 Å². The fourth-order valence-corrected chi connectivity index (χ4v) is 6.16. The first kappa shape index (κ1) is 17.7. The minimum Gasteiger partial charge on any atom is -0.378 e. The van der Waals surface area contributed by atoms with Crippen molar-refractivity contribution >= 4 is 48.8 Å². The lowest BCUT2D eigenvalue weighted by atomic mass is 10.1. The van der Waals surface area contributed by atoms with Crippen LogP contribution in [-0.2, 0) is 20.3 Å². The Labute approximate surface area is 166 Å². The van der Waals surface area contributed by atoms with E-state index in [0.717, 1.165) is 46.3 Å². The lowest BCUT2D eigenvalue weighted by Crippen LogP contribution is -2.36. The standard InChI is InChI=1S/C20H19N3O3S2/c24-28(25,18-2-1-11-27-18)13-14-3-4-16-15(12-14)19-17(5-6-21-20(19)22-16)23-7-9-26-10-8-23/h1-6,11-12H,7-10,13H2,(H,21,22). The minimum absolute atomic E-state index is 0.0106. The van der Waals surface area contributed by atoms with E-state index < -0.39 is 9.84 Å². The number of benzene rings is 1. The molecule has 0 atom stereocenters. The summed E-state index contributed by atoms with van der Waals surface area (Å²) < 4.78 is 31.3. The fraction of sp³-hybridized carbons (Fsp3) is 0.250. The van der Waals surface area contributed by atoms with Crippen molar-refractivity contribution in [1.82, 2.24) is 9.97 Å². The highest BCUT2D eigenvalue weighted by Gasteiger charge is 2.20. The number of aromatic amines is 1. The van der Waals surface area contributed by atoms with Gasteiger partial charge >= 0.3 is 0 Å². The second-order valence-electron chi connectivity index (χ2n) is 6.85. The first-order valence-electron chi connectivity index (χ1n) is 9.10. The van der Waals surface area contributed by atoms with E-state index in [1.165, 1.54) is 11.3 Å². The number of thiophene rings is 1. The van der Waals surface area contributed by atoms with Crippen LogP contribution in [-0.4, -0.2) is 44.7 Å². The molecule has 3 aromatic heterocycles. The van der Waals surface area contributed by atoms with Crippen molar-refractivity contribution in [3.63, 3.8) is 0 Å². The Kier molecular flexibility index (Phi) is 4.34. The summed E-state index contributed by atoms with van der Waals surface area (Å²) in [5.74, 6) is -0.0106. The van der Waals surface area contributed by atoms with Gasteiger partial charge in [-0.25, -0.2) is 13.4 Å². The van der Waals surface area contributed by atoms with Crippen LogP contribution in [0.15, 0.2) is 52.2 Å². The molecule has 28 heavy (non-hydrogen) atoms. The number of rotatable bonds is 4. The maximum atomic E-state index is 12.7. The van der Waals surface area contributed by atoms with Gasteiger partial charge in [0.15, 0.2) is 9.84 Å². The number of pyridine rings is 1. The molecule has 0 radical (unpaired) electrons. The maximum absolute atomic E-state index is 12.7. The SMILES string of the molecule is O=S(=O)(Cc1ccc2[nH]c3nccc(N4CCOCC4)c3c2c1)c1cccs1. The summed E-state index contributed by atoms with van der Waals surface area (Å²) >= 11 is 1.26. The van der Waals surface area contributed by atoms with Crippen molar-refractivity contribution < 1.29 is 13.2 Å². The monoisotopic (exact) mass is 413 g/mol. The Hall–Kier alpha value is -2.42. The van der Waals surface area contributed by atoms with Gasteiger partial charge in [-0.15, -0.1) is 11.3 Å².